The van der Waals surface area contributed by atoms with Crippen LogP contribution in [0.4, 0.5) is 0 Å². The maximum Gasteiger partial charge on any atom is 0.114 e. The first-order valence-electron chi connectivity index (χ1n) is 6.56. The van der Waals surface area contributed by atoms with E-state index in [-0.39, 0.29) is 6.04 Å². The van der Waals surface area contributed by atoms with Crippen molar-refractivity contribution in [2.75, 3.05) is 6.54 Å². The van der Waals surface area contributed by atoms with Gasteiger partial charge in [-0.15, -0.1) is 11.3 Å². The highest BCUT2D eigenvalue weighted by Crippen LogP contribution is 2.28. The fraction of sp³-hybridized carbons (Fsp3) is 0.400. The predicted octanol–water partition coefficient (Wildman–Crippen LogP) is 4.73. The topological polar surface area (TPSA) is 24.9 Å². The van der Waals surface area contributed by atoms with E-state index in [2.05, 4.69) is 71.7 Å². The van der Waals surface area contributed by atoms with E-state index in [0.717, 1.165) is 16.0 Å². The van der Waals surface area contributed by atoms with Crippen LogP contribution >= 0.6 is 27.3 Å². The molecule has 1 unspecified atom stereocenters. The van der Waals surface area contributed by atoms with Gasteiger partial charge in [0.05, 0.1) is 11.7 Å². The summed E-state index contributed by atoms with van der Waals surface area (Å²) in [5.41, 5.74) is 2.44. The molecular formula is C15H19BrN2S. The van der Waals surface area contributed by atoms with Crippen molar-refractivity contribution in [1.29, 1.82) is 0 Å². The highest BCUT2D eigenvalue weighted by Gasteiger charge is 2.17. The van der Waals surface area contributed by atoms with Gasteiger partial charge < -0.3 is 5.32 Å². The molecule has 1 atom stereocenters. The van der Waals surface area contributed by atoms with Gasteiger partial charge in [0, 0.05) is 9.85 Å². The zero-order chi connectivity index (χ0) is 13.8. The summed E-state index contributed by atoms with van der Waals surface area (Å²) in [6, 6.07) is 8.64. The van der Waals surface area contributed by atoms with Crippen LogP contribution in [0.1, 0.15) is 49.0 Å². The number of halogens is 1. The SMILES string of the molecule is CCNC(c1ccc(Br)cc1)c1nc(C(C)C)cs1. The van der Waals surface area contributed by atoms with E-state index in [0.29, 0.717) is 5.92 Å². The van der Waals surface area contributed by atoms with E-state index >= 15 is 0 Å². The Balaban J connectivity index is 2.30. The van der Waals surface area contributed by atoms with Crippen LogP contribution in [-0.4, -0.2) is 11.5 Å². The third-order valence-corrected chi connectivity index (χ3v) is 4.45. The van der Waals surface area contributed by atoms with Crippen molar-refractivity contribution in [3.05, 3.63) is 50.4 Å². The second-order valence-electron chi connectivity index (χ2n) is 4.81. The molecule has 0 aliphatic heterocycles. The first-order chi connectivity index (χ1) is 9.11. The lowest BCUT2D eigenvalue weighted by atomic mass is 10.1. The standard InChI is InChI=1S/C15H19BrN2S/c1-4-17-14(11-5-7-12(16)8-6-11)15-18-13(9-19-15)10(2)3/h5-10,14,17H,4H2,1-3H3. The molecule has 1 N–H and O–H groups in total. The normalized spacial score (nSPS) is 12.9. The highest BCUT2D eigenvalue weighted by atomic mass is 79.9. The minimum atomic E-state index is 0.190. The number of rotatable bonds is 5. The number of hydrogen-bond donors (Lipinski definition) is 1. The molecule has 0 saturated heterocycles. The Hall–Kier alpha value is -0.710. The maximum atomic E-state index is 4.77. The third-order valence-electron chi connectivity index (χ3n) is 2.99. The summed E-state index contributed by atoms with van der Waals surface area (Å²) in [5, 5.41) is 6.84. The van der Waals surface area contributed by atoms with Gasteiger partial charge in [-0.2, -0.15) is 0 Å². The van der Waals surface area contributed by atoms with Gasteiger partial charge >= 0.3 is 0 Å². The van der Waals surface area contributed by atoms with E-state index in [1.54, 1.807) is 11.3 Å². The van der Waals surface area contributed by atoms with Crippen molar-refractivity contribution in [1.82, 2.24) is 10.3 Å². The van der Waals surface area contributed by atoms with Crippen LogP contribution in [0.5, 0.6) is 0 Å². The zero-order valence-corrected chi connectivity index (χ0v) is 13.9. The molecule has 0 spiro atoms. The van der Waals surface area contributed by atoms with Crippen LogP contribution in [0.3, 0.4) is 0 Å². The minimum Gasteiger partial charge on any atom is -0.305 e. The average molecular weight is 339 g/mol. The Morgan fingerprint density at radius 1 is 1.26 bits per heavy atom. The fourth-order valence-electron chi connectivity index (χ4n) is 1.91. The summed E-state index contributed by atoms with van der Waals surface area (Å²) in [4.78, 5) is 4.77. The van der Waals surface area contributed by atoms with Gasteiger partial charge in [0.25, 0.3) is 0 Å². The van der Waals surface area contributed by atoms with Crippen molar-refractivity contribution < 1.29 is 0 Å². The molecule has 2 nitrogen and oxygen atoms in total. The van der Waals surface area contributed by atoms with Crippen LogP contribution in [0.15, 0.2) is 34.1 Å². The molecule has 4 heteroatoms. The summed E-state index contributed by atoms with van der Waals surface area (Å²) in [6.07, 6.45) is 0. The second kappa shape index (κ2) is 6.64. The monoisotopic (exact) mass is 338 g/mol. The minimum absolute atomic E-state index is 0.190. The van der Waals surface area contributed by atoms with E-state index in [1.807, 2.05) is 0 Å². The van der Waals surface area contributed by atoms with Crippen LogP contribution in [-0.2, 0) is 0 Å². The highest BCUT2D eigenvalue weighted by molar-refractivity contribution is 9.10. The van der Waals surface area contributed by atoms with Gasteiger partial charge in [-0.05, 0) is 30.2 Å². The Kier molecular flexibility index (Phi) is 5.13. The number of nitrogens with zero attached hydrogens (tertiary/aromatic N) is 1. The van der Waals surface area contributed by atoms with Gasteiger partial charge in [0.2, 0.25) is 0 Å². The molecular weight excluding hydrogens is 320 g/mol. The molecule has 0 aliphatic rings. The molecule has 0 saturated carbocycles. The second-order valence-corrected chi connectivity index (χ2v) is 6.61. The number of aromatic nitrogens is 1. The van der Waals surface area contributed by atoms with Crippen molar-refractivity contribution in [2.45, 2.75) is 32.7 Å². The van der Waals surface area contributed by atoms with Gasteiger partial charge in [-0.25, -0.2) is 4.98 Å². The van der Waals surface area contributed by atoms with Crippen LogP contribution in [0, 0.1) is 0 Å². The summed E-state index contributed by atoms with van der Waals surface area (Å²) >= 11 is 5.22. The van der Waals surface area contributed by atoms with Crippen molar-refractivity contribution >= 4 is 27.3 Å². The molecule has 0 fully saturated rings. The van der Waals surface area contributed by atoms with E-state index in [1.165, 1.54) is 11.3 Å². The first-order valence-corrected chi connectivity index (χ1v) is 8.23. The summed E-state index contributed by atoms with van der Waals surface area (Å²) in [6.45, 7) is 7.42. The molecule has 0 aliphatic carbocycles. The Morgan fingerprint density at radius 3 is 2.47 bits per heavy atom. The van der Waals surface area contributed by atoms with Crippen LogP contribution in [0.25, 0.3) is 0 Å². The van der Waals surface area contributed by atoms with E-state index in [4.69, 9.17) is 4.98 Å². The smallest absolute Gasteiger partial charge is 0.114 e. The molecule has 0 bridgehead atoms. The Bertz CT molecular complexity index is 519. The zero-order valence-electron chi connectivity index (χ0n) is 11.5. The summed E-state index contributed by atoms with van der Waals surface area (Å²) < 4.78 is 1.11. The number of hydrogen-bond acceptors (Lipinski definition) is 3. The lowest BCUT2D eigenvalue weighted by molar-refractivity contribution is 0.623. The molecule has 19 heavy (non-hydrogen) atoms. The van der Waals surface area contributed by atoms with Gasteiger partial charge in [0.1, 0.15) is 5.01 Å². The number of thiazole rings is 1. The maximum absolute atomic E-state index is 4.77. The van der Waals surface area contributed by atoms with Gasteiger partial charge in [0.15, 0.2) is 0 Å². The van der Waals surface area contributed by atoms with Crippen molar-refractivity contribution in [2.24, 2.45) is 0 Å². The Labute approximate surface area is 127 Å². The van der Waals surface area contributed by atoms with Crippen molar-refractivity contribution in [3.8, 4) is 0 Å². The summed E-state index contributed by atoms with van der Waals surface area (Å²) in [5.74, 6) is 0.484. The molecule has 1 heterocycles. The predicted molar refractivity (Wildman–Crippen MR) is 85.9 cm³/mol. The number of nitrogens with one attached hydrogen (secondary N) is 1. The molecule has 2 rings (SSSR count). The van der Waals surface area contributed by atoms with Gasteiger partial charge in [-0.1, -0.05) is 48.8 Å². The fourth-order valence-corrected chi connectivity index (χ4v) is 3.25. The lowest BCUT2D eigenvalue weighted by Crippen LogP contribution is -2.21. The number of benzene rings is 1. The molecule has 2 aromatic rings. The Morgan fingerprint density at radius 2 is 1.95 bits per heavy atom. The molecule has 1 aromatic heterocycles. The molecule has 0 amide bonds. The van der Waals surface area contributed by atoms with Gasteiger partial charge in [-0.3, -0.25) is 0 Å². The van der Waals surface area contributed by atoms with Crippen LogP contribution < -0.4 is 5.32 Å². The summed E-state index contributed by atoms with van der Waals surface area (Å²) in [7, 11) is 0. The third kappa shape index (κ3) is 3.65. The molecule has 102 valence electrons. The molecule has 0 radical (unpaired) electrons. The van der Waals surface area contributed by atoms with E-state index in [9.17, 15) is 0 Å². The largest absolute Gasteiger partial charge is 0.305 e. The average Bonchev–Trinajstić information content (AvgIpc) is 2.87. The molecule has 1 aromatic carbocycles. The van der Waals surface area contributed by atoms with Crippen molar-refractivity contribution in [3.63, 3.8) is 0 Å². The van der Waals surface area contributed by atoms with Crippen LogP contribution in [0.2, 0.25) is 0 Å². The first kappa shape index (κ1) is 14.7. The lowest BCUT2D eigenvalue weighted by Gasteiger charge is -2.16. The van der Waals surface area contributed by atoms with E-state index < -0.39 is 0 Å². The quantitative estimate of drug-likeness (QED) is 0.852.